The number of nitrogens with zero attached hydrogens (tertiary/aromatic N) is 3. The van der Waals surface area contributed by atoms with E-state index in [1.807, 2.05) is 0 Å². The number of hydrogen-bond donors (Lipinski definition) is 0. The largest absolute Gasteiger partial charge is 0.315 e. The second-order valence-electron chi connectivity index (χ2n) is 6.59. The first-order valence-corrected chi connectivity index (χ1v) is 11.2. The minimum Gasteiger partial charge on any atom is -0.315 e. The number of carbonyl (C=O) groups is 1. The summed E-state index contributed by atoms with van der Waals surface area (Å²) in [5.41, 5.74) is 4.19. The summed E-state index contributed by atoms with van der Waals surface area (Å²) in [7, 11) is 0. The number of nitro groups is 1. The van der Waals surface area contributed by atoms with Crippen molar-refractivity contribution in [3.05, 3.63) is 74.1 Å². The highest BCUT2D eigenvalue weighted by atomic mass is 32.2. The monoisotopic (exact) mass is 427 g/mol. The first-order chi connectivity index (χ1) is 13.9. The van der Waals surface area contributed by atoms with Gasteiger partial charge in [0.05, 0.1) is 15.1 Å². The number of benzene rings is 2. The number of aromatic nitrogens is 1. The molecule has 0 saturated heterocycles. The van der Waals surface area contributed by atoms with Gasteiger partial charge in [-0.15, -0.1) is 0 Å². The minimum absolute atomic E-state index is 0.0175. The molecule has 0 radical (unpaired) electrons. The van der Waals surface area contributed by atoms with E-state index >= 15 is 0 Å². The number of rotatable bonds is 6. The predicted molar refractivity (Wildman–Crippen MR) is 120 cm³/mol. The average molecular weight is 428 g/mol. The van der Waals surface area contributed by atoms with Gasteiger partial charge in [-0.05, 0) is 61.1 Å². The zero-order chi connectivity index (χ0) is 21.0. The molecular formula is C21H21N3O3S2. The molecule has 0 unspecified atom stereocenters. The summed E-state index contributed by atoms with van der Waals surface area (Å²) in [6.45, 7) is 4.92. The van der Waals surface area contributed by atoms with Crippen LogP contribution >= 0.6 is 23.1 Å². The molecule has 0 fully saturated rings. The molecule has 0 atom stereocenters. The fraction of sp³-hybridized carbons (Fsp3) is 0.238. The molecule has 0 bridgehead atoms. The van der Waals surface area contributed by atoms with Gasteiger partial charge in [-0.3, -0.25) is 14.9 Å². The molecule has 0 spiro atoms. The Kier molecular flexibility index (Phi) is 6.66. The van der Waals surface area contributed by atoms with E-state index in [9.17, 15) is 14.9 Å². The molecule has 3 rings (SSSR count). The Hall–Kier alpha value is -2.71. The Morgan fingerprint density at radius 2 is 2.00 bits per heavy atom. The van der Waals surface area contributed by atoms with E-state index in [0.717, 1.165) is 22.5 Å². The summed E-state index contributed by atoms with van der Waals surface area (Å²) in [6, 6.07) is 10.3. The van der Waals surface area contributed by atoms with E-state index in [1.165, 1.54) is 40.7 Å². The molecular weight excluding hydrogens is 406 g/mol. The van der Waals surface area contributed by atoms with Crippen LogP contribution in [0.2, 0.25) is 0 Å². The number of nitro benzene ring substituents is 1. The van der Waals surface area contributed by atoms with E-state index in [1.54, 1.807) is 30.0 Å². The Bertz CT molecular complexity index is 1160. The van der Waals surface area contributed by atoms with Crippen LogP contribution < -0.4 is 4.80 Å². The number of hydrogen-bond acceptors (Lipinski definition) is 5. The van der Waals surface area contributed by atoms with Crippen molar-refractivity contribution in [2.45, 2.75) is 20.4 Å². The lowest BCUT2D eigenvalue weighted by atomic mass is 10.1. The Labute approximate surface area is 176 Å². The normalized spacial score (nSPS) is 12.2. The van der Waals surface area contributed by atoms with Crippen LogP contribution in [-0.4, -0.2) is 27.4 Å². The van der Waals surface area contributed by atoms with Gasteiger partial charge in [0.1, 0.15) is 0 Å². The third-order valence-electron chi connectivity index (χ3n) is 4.36. The fourth-order valence-electron chi connectivity index (χ4n) is 3.00. The molecule has 2 aromatic carbocycles. The first-order valence-electron chi connectivity index (χ1n) is 9.00. The molecule has 0 aliphatic heterocycles. The number of thioether (sulfide) groups is 1. The number of thiazole rings is 1. The van der Waals surface area contributed by atoms with Crippen molar-refractivity contribution in [2.24, 2.45) is 4.99 Å². The van der Waals surface area contributed by atoms with Crippen LogP contribution in [0.3, 0.4) is 0 Å². The van der Waals surface area contributed by atoms with Crippen LogP contribution in [-0.2, 0) is 11.3 Å². The van der Waals surface area contributed by atoms with Crippen molar-refractivity contribution in [1.82, 2.24) is 4.57 Å². The molecule has 8 heteroatoms. The van der Waals surface area contributed by atoms with Crippen molar-refractivity contribution in [1.29, 1.82) is 0 Å². The van der Waals surface area contributed by atoms with Crippen LogP contribution in [0.15, 0.2) is 47.5 Å². The smallest absolute Gasteiger partial charge is 0.272 e. The van der Waals surface area contributed by atoms with E-state index in [-0.39, 0.29) is 11.6 Å². The molecule has 150 valence electrons. The van der Waals surface area contributed by atoms with Crippen LogP contribution in [0.5, 0.6) is 0 Å². The summed E-state index contributed by atoms with van der Waals surface area (Å²) in [4.78, 5) is 27.7. The van der Waals surface area contributed by atoms with E-state index in [2.05, 4.69) is 41.8 Å². The summed E-state index contributed by atoms with van der Waals surface area (Å²) < 4.78 is 3.25. The summed E-state index contributed by atoms with van der Waals surface area (Å²) in [5, 5.41) is 10.7. The van der Waals surface area contributed by atoms with Crippen LogP contribution in [0.25, 0.3) is 16.3 Å². The fourth-order valence-corrected chi connectivity index (χ4v) is 4.48. The number of aryl methyl sites for hydroxylation is 3. The van der Waals surface area contributed by atoms with Gasteiger partial charge < -0.3 is 4.57 Å². The lowest BCUT2D eigenvalue weighted by molar-refractivity contribution is -0.384. The molecule has 1 aromatic heterocycles. The van der Waals surface area contributed by atoms with Crippen molar-refractivity contribution in [3.63, 3.8) is 0 Å². The lowest BCUT2D eigenvalue weighted by Gasteiger charge is -2.05. The second-order valence-corrected chi connectivity index (χ2v) is 8.55. The zero-order valence-corrected chi connectivity index (χ0v) is 18.0. The first kappa shape index (κ1) is 21.0. The van der Waals surface area contributed by atoms with Crippen LogP contribution in [0.1, 0.15) is 16.7 Å². The van der Waals surface area contributed by atoms with Gasteiger partial charge >= 0.3 is 0 Å². The maximum Gasteiger partial charge on any atom is 0.272 e. The molecule has 1 heterocycles. The van der Waals surface area contributed by atoms with Gasteiger partial charge in [-0.1, -0.05) is 17.4 Å². The van der Waals surface area contributed by atoms with E-state index < -0.39 is 4.92 Å². The Morgan fingerprint density at radius 3 is 2.66 bits per heavy atom. The number of amides is 1. The molecule has 0 N–H and O–H groups in total. The number of non-ortho nitro benzene ring substituents is 1. The SMILES string of the molecule is CSCCn1c(=NC(=O)/C=C/c2ccc([N+](=O)[O-])cc2)sc2c(C)cc(C)cc21. The Balaban J connectivity index is 1.94. The average Bonchev–Trinajstić information content (AvgIpc) is 3.02. The zero-order valence-electron chi connectivity index (χ0n) is 16.4. The lowest BCUT2D eigenvalue weighted by Crippen LogP contribution is -2.17. The third-order valence-corrected chi connectivity index (χ3v) is 6.18. The molecule has 0 saturated carbocycles. The van der Waals surface area contributed by atoms with Crippen LogP contribution in [0, 0.1) is 24.0 Å². The van der Waals surface area contributed by atoms with E-state index in [0.29, 0.717) is 10.4 Å². The van der Waals surface area contributed by atoms with Gasteiger partial charge in [-0.25, -0.2) is 0 Å². The number of carbonyl (C=O) groups excluding carboxylic acids is 1. The molecule has 0 aliphatic carbocycles. The minimum atomic E-state index is -0.452. The maximum atomic E-state index is 12.4. The van der Waals surface area contributed by atoms with Crippen molar-refractivity contribution < 1.29 is 9.72 Å². The molecule has 29 heavy (non-hydrogen) atoms. The van der Waals surface area contributed by atoms with Gasteiger partial charge in [-0.2, -0.15) is 16.8 Å². The molecule has 3 aromatic rings. The summed E-state index contributed by atoms with van der Waals surface area (Å²) in [5.74, 6) is 0.570. The van der Waals surface area contributed by atoms with Crippen LogP contribution in [0.4, 0.5) is 5.69 Å². The van der Waals surface area contributed by atoms with Crippen molar-refractivity contribution in [3.8, 4) is 0 Å². The summed E-state index contributed by atoms with van der Waals surface area (Å²) >= 11 is 3.27. The van der Waals surface area contributed by atoms with Gasteiger partial charge in [0, 0.05) is 30.5 Å². The van der Waals surface area contributed by atoms with E-state index in [4.69, 9.17) is 0 Å². The standard InChI is InChI=1S/C21H21N3O3S2/c1-14-12-15(2)20-18(13-14)23(10-11-28-3)21(29-20)22-19(25)9-6-16-4-7-17(8-5-16)24(26)27/h4-9,12-13H,10-11H2,1-3H3/b9-6+,22-21?. The highest BCUT2D eigenvalue weighted by molar-refractivity contribution is 7.98. The van der Waals surface area contributed by atoms with Crippen molar-refractivity contribution in [2.75, 3.05) is 12.0 Å². The van der Waals surface area contributed by atoms with Crippen molar-refractivity contribution >= 4 is 51.0 Å². The quantitative estimate of drug-likeness (QED) is 0.324. The van der Waals surface area contributed by atoms with Gasteiger partial charge in [0.2, 0.25) is 0 Å². The molecule has 6 nitrogen and oxygen atoms in total. The second kappa shape index (κ2) is 9.19. The molecule has 1 amide bonds. The summed E-state index contributed by atoms with van der Waals surface area (Å²) in [6.07, 6.45) is 5.06. The molecule has 0 aliphatic rings. The number of fused-ring (bicyclic) bond motifs is 1. The highest BCUT2D eigenvalue weighted by Gasteiger charge is 2.10. The highest BCUT2D eigenvalue weighted by Crippen LogP contribution is 2.23. The van der Waals surface area contributed by atoms with Gasteiger partial charge in [0.15, 0.2) is 4.80 Å². The predicted octanol–water partition coefficient (Wildman–Crippen LogP) is 4.73. The topological polar surface area (TPSA) is 77.5 Å². The third kappa shape index (κ3) is 5.02. The maximum absolute atomic E-state index is 12.4. The Morgan fingerprint density at radius 1 is 1.28 bits per heavy atom. The van der Waals surface area contributed by atoms with Gasteiger partial charge in [0.25, 0.3) is 11.6 Å².